The van der Waals surface area contributed by atoms with Crippen LogP contribution in [0.3, 0.4) is 0 Å². The average molecular weight is 480 g/mol. The minimum absolute atomic E-state index is 0.0446. The van der Waals surface area contributed by atoms with Crippen molar-refractivity contribution in [2.75, 3.05) is 5.32 Å². The number of pyridine rings is 2. The number of hydrogen-bond donors (Lipinski definition) is 3. The zero-order valence-corrected chi connectivity index (χ0v) is 19.9. The van der Waals surface area contributed by atoms with Gasteiger partial charge in [-0.05, 0) is 52.2 Å². The summed E-state index contributed by atoms with van der Waals surface area (Å²) in [5.74, 6) is 0.494. The van der Waals surface area contributed by atoms with Gasteiger partial charge in [-0.2, -0.15) is 16.4 Å². The van der Waals surface area contributed by atoms with Gasteiger partial charge in [0.1, 0.15) is 11.2 Å². The van der Waals surface area contributed by atoms with Crippen LogP contribution in [0.15, 0.2) is 65.7 Å². The van der Waals surface area contributed by atoms with Crippen molar-refractivity contribution in [3.05, 3.63) is 65.7 Å². The first kappa shape index (κ1) is 21.2. The number of nitrogens with zero attached hydrogens (tertiary/aromatic N) is 4. The second kappa shape index (κ2) is 8.44. The minimum Gasteiger partial charge on any atom is -0.324 e. The summed E-state index contributed by atoms with van der Waals surface area (Å²) < 4.78 is 0. The van der Waals surface area contributed by atoms with E-state index in [4.69, 9.17) is 4.98 Å². The van der Waals surface area contributed by atoms with Gasteiger partial charge in [-0.25, -0.2) is 9.97 Å². The fraction of sp³-hybridized carbons (Fsp3) is 0.115. The monoisotopic (exact) mass is 479 g/mol. The summed E-state index contributed by atoms with van der Waals surface area (Å²) in [6, 6.07) is 12.0. The smallest absolute Gasteiger partial charge is 0.226 e. The molecule has 0 aliphatic rings. The van der Waals surface area contributed by atoms with Gasteiger partial charge in [0.2, 0.25) is 5.91 Å². The lowest BCUT2D eigenvalue weighted by Crippen LogP contribution is -2.17. The average Bonchev–Trinajstić information content (AvgIpc) is 3.62. The molecule has 0 unspecified atom stereocenters. The molecule has 6 rings (SSSR count). The van der Waals surface area contributed by atoms with Gasteiger partial charge in [0.15, 0.2) is 11.5 Å². The highest BCUT2D eigenvalue weighted by Crippen LogP contribution is 2.33. The van der Waals surface area contributed by atoms with E-state index in [2.05, 4.69) is 53.4 Å². The maximum absolute atomic E-state index is 12.1. The van der Waals surface area contributed by atoms with E-state index in [0.29, 0.717) is 22.9 Å². The predicted molar refractivity (Wildman–Crippen MR) is 139 cm³/mol. The van der Waals surface area contributed by atoms with Gasteiger partial charge < -0.3 is 10.3 Å². The molecule has 9 heteroatoms. The lowest BCUT2D eigenvalue weighted by Gasteiger charge is -2.09. The number of anilines is 1. The molecule has 3 N–H and O–H groups in total. The Morgan fingerprint density at radius 1 is 1.06 bits per heavy atom. The van der Waals surface area contributed by atoms with Crippen molar-refractivity contribution < 1.29 is 4.79 Å². The Balaban J connectivity index is 1.41. The number of benzene rings is 1. The van der Waals surface area contributed by atoms with E-state index in [1.54, 1.807) is 29.9 Å². The highest BCUT2D eigenvalue weighted by atomic mass is 32.1. The van der Waals surface area contributed by atoms with Crippen LogP contribution in [0.25, 0.3) is 55.8 Å². The highest BCUT2D eigenvalue weighted by molar-refractivity contribution is 7.08. The number of amides is 1. The molecule has 0 fully saturated rings. The summed E-state index contributed by atoms with van der Waals surface area (Å²) in [5, 5.41) is 15.6. The number of imidazole rings is 1. The van der Waals surface area contributed by atoms with Gasteiger partial charge in [0.05, 0.1) is 17.4 Å². The Morgan fingerprint density at radius 3 is 2.80 bits per heavy atom. The molecule has 5 heterocycles. The first-order valence-corrected chi connectivity index (χ1v) is 12.1. The van der Waals surface area contributed by atoms with E-state index in [1.807, 2.05) is 38.1 Å². The molecule has 0 spiro atoms. The predicted octanol–water partition coefficient (Wildman–Crippen LogP) is 5.89. The largest absolute Gasteiger partial charge is 0.324 e. The standard InChI is InChI=1S/C26H21N7OS/c1-14(2)26(34)29-18-9-17(11-27-12-18)15-3-4-21-20(10-15)23(33-32-21)25-30-22-19(16-6-8-35-13-16)5-7-28-24(22)31-25/h3-14H,1-2H3,(H,29,34)(H,32,33)(H,28,30,31). The molecule has 6 aromatic rings. The summed E-state index contributed by atoms with van der Waals surface area (Å²) in [4.78, 5) is 29.1. The van der Waals surface area contributed by atoms with Crippen LogP contribution in [0.2, 0.25) is 0 Å². The van der Waals surface area contributed by atoms with Crippen molar-refractivity contribution in [1.82, 2.24) is 30.1 Å². The molecule has 8 nitrogen and oxygen atoms in total. The van der Waals surface area contributed by atoms with Crippen molar-refractivity contribution >= 4 is 45.0 Å². The van der Waals surface area contributed by atoms with E-state index in [-0.39, 0.29) is 11.8 Å². The van der Waals surface area contributed by atoms with E-state index in [1.165, 1.54) is 0 Å². The van der Waals surface area contributed by atoms with Crippen LogP contribution in [0.4, 0.5) is 5.69 Å². The third-order valence-electron chi connectivity index (χ3n) is 5.87. The third kappa shape index (κ3) is 3.85. The van der Waals surface area contributed by atoms with Crippen LogP contribution in [-0.2, 0) is 4.79 Å². The number of H-pyrrole nitrogens is 2. The summed E-state index contributed by atoms with van der Waals surface area (Å²) in [5.41, 5.74) is 7.81. The number of hydrogen-bond acceptors (Lipinski definition) is 6. The molecule has 172 valence electrons. The molecular formula is C26H21N7OS. The van der Waals surface area contributed by atoms with Gasteiger partial charge >= 0.3 is 0 Å². The number of nitrogens with one attached hydrogen (secondary N) is 3. The van der Waals surface area contributed by atoms with Gasteiger partial charge in [0, 0.05) is 34.8 Å². The molecule has 0 saturated carbocycles. The Morgan fingerprint density at radius 2 is 1.97 bits per heavy atom. The number of fused-ring (bicyclic) bond motifs is 2. The molecule has 5 aromatic heterocycles. The molecule has 0 aliphatic heterocycles. The molecule has 35 heavy (non-hydrogen) atoms. The molecule has 0 aliphatic carbocycles. The van der Waals surface area contributed by atoms with Crippen molar-refractivity contribution in [2.45, 2.75) is 13.8 Å². The number of aromatic amines is 2. The summed E-state index contributed by atoms with van der Waals surface area (Å²) in [6.07, 6.45) is 5.22. The van der Waals surface area contributed by atoms with Crippen LogP contribution in [0, 0.1) is 5.92 Å². The Kier molecular flexibility index (Phi) is 5.11. The molecule has 1 amide bonds. The Labute approximate surface area is 204 Å². The molecular weight excluding hydrogens is 458 g/mol. The summed E-state index contributed by atoms with van der Waals surface area (Å²) in [7, 11) is 0. The zero-order valence-electron chi connectivity index (χ0n) is 19.0. The lowest BCUT2D eigenvalue weighted by molar-refractivity contribution is -0.118. The first-order chi connectivity index (χ1) is 17.1. The van der Waals surface area contributed by atoms with E-state index in [0.717, 1.165) is 38.7 Å². The van der Waals surface area contributed by atoms with Crippen LogP contribution in [0.1, 0.15) is 13.8 Å². The van der Waals surface area contributed by atoms with Crippen molar-refractivity contribution in [2.24, 2.45) is 5.92 Å². The second-order valence-corrected chi connectivity index (χ2v) is 9.37. The van der Waals surface area contributed by atoms with Crippen LogP contribution in [0.5, 0.6) is 0 Å². The first-order valence-electron chi connectivity index (χ1n) is 11.2. The maximum Gasteiger partial charge on any atom is 0.226 e. The lowest BCUT2D eigenvalue weighted by atomic mass is 10.0. The third-order valence-corrected chi connectivity index (χ3v) is 6.55. The molecule has 0 bridgehead atoms. The maximum atomic E-state index is 12.1. The van der Waals surface area contributed by atoms with Crippen molar-refractivity contribution in [1.29, 1.82) is 0 Å². The quantitative estimate of drug-likeness (QED) is 0.286. The van der Waals surface area contributed by atoms with Crippen LogP contribution >= 0.6 is 11.3 Å². The molecule has 1 aromatic carbocycles. The summed E-state index contributed by atoms with van der Waals surface area (Å²) >= 11 is 1.65. The molecule has 0 atom stereocenters. The fourth-order valence-electron chi connectivity index (χ4n) is 4.00. The fourth-order valence-corrected chi connectivity index (χ4v) is 4.66. The number of carbonyl (C=O) groups is 1. The van der Waals surface area contributed by atoms with Crippen LogP contribution < -0.4 is 5.32 Å². The van der Waals surface area contributed by atoms with Crippen molar-refractivity contribution in [3.8, 4) is 33.8 Å². The summed E-state index contributed by atoms with van der Waals surface area (Å²) in [6.45, 7) is 3.72. The normalized spacial score (nSPS) is 11.5. The number of rotatable bonds is 5. The number of thiophene rings is 1. The Hall–Kier alpha value is -4.37. The van der Waals surface area contributed by atoms with E-state index >= 15 is 0 Å². The van der Waals surface area contributed by atoms with Gasteiger partial charge in [-0.15, -0.1) is 0 Å². The SMILES string of the molecule is CC(C)C(=O)Nc1cncc(-c2ccc3[nH]nc(-c4nc5c(-c6ccsc6)ccnc5[nH]4)c3c2)c1. The van der Waals surface area contributed by atoms with Gasteiger partial charge in [-0.1, -0.05) is 19.9 Å². The van der Waals surface area contributed by atoms with E-state index in [9.17, 15) is 4.79 Å². The number of carbonyl (C=O) groups excluding carboxylic acids is 1. The molecule has 0 saturated heterocycles. The minimum atomic E-state index is -0.109. The number of aromatic nitrogens is 6. The van der Waals surface area contributed by atoms with Crippen LogP contribution in [-0.4, -0.2) is 36.0 Å². The second-order valence-electron chi connectivity index (χ2n) is 8.59. The topological polar surface area (TPSA) is 112 Å². The van der Waals surface area contributed by atoms with Gasteiger partial charge in [0.25, 0.3) is 0 Å². The highest BCUT2D eigenvalue weighted by Gasteiger charge is 2.17. The van der Waals surface area contributed by atoms with Crippen molar-refractivity contribution in [3.63, 3.8) is 0 Å². The van der Waals surface area contributed by atoms with E-state index < -0.39 is 0 Å². The molecule has 0 radical (unpaired) electrons. The Bertz CT molecular complexity index is 1680. The van der Waals surface area contributed by atoms with Gasteiger partial charge in [-0.3, -0.25) is 14.9 Å². The zero-order chi connectivity index (χ0) is 23.9.